The molecular weight excluding hydrogens is 352 g/mol. The predicted octanol–water partition coefficient (Wildman–Crippen LogP) is 3.48. The zero-order valence-electron chi connectivity index (χ0n) is 14.4. The van der Waals surface area contributed by atoms with Crippen LogP contribution in [0.1, 0.15) is 32.6 Å². The lowest BCUT2D eigenvalue weighted by Gasteiger charge is -2.26. The molecule has 1 aromatic rings. The number of hydrogen-bond acceptors (Lipinski definition) is 4. The fraction of sp³-hybridized carbons (Fsp3) is 0.389. The molecule has 0 aromatic heterocycles. The molecule has 4 amide bonds. The summed E-state index contributed by atoms with van der Waals surface area (Å²) in [6.45, 7) is 1.43. The van der Waals surface area contributed by atoms with Crippen LogP contribution in [-0.4, -0.2) is 34.4 Å². The van der Waals surface area contributed by atoms with E-state index >= 15 is 0 Å². The second-order valence-corrected chi connectivity index (χ2v) is 7.23. The van der Waals surface area contributed by atoms with Gasteiger partial charge in [-0.3, -0.25) is 9.59 Å². The maximum atomic E-state index is 12.2. The van der Waals surface area contributed by atoms with Gasteiger partial charge in [-0.2, -0.15) is 4.99 Å². The van der Waals surface area contributed by atoms with Crippen molar-refractivity contribution in [3.05, 3.63) is 24.3 Å². The Hall–Kier alpha value is -2.48. The molecule has 0 bridgehead atoms. The first-order valence-electron chi connectivity index (χ1n) is 8.51. The Morgan fingerprint density at radius 3 is 2.73 bits per heavy atom. The maximum Gasteiger partial charge on any atom is 0.367 e. The van der Waals surface area contributed by atoms with Crippen molar-refractivity contribution in [3.8, 4) is 0 Å². The number of rotatable bonds is 4. The highest BCUT2D eigenvalue weighted by molar-refractivity contribution is 8.14. The van der Waals surface area contributed by atoms with E-state index in [1.807, 2.05) is 0 Å². The molecule has 1 saturated carbocycles. The van der Waals surface area contributed by atoms with E-state index in [1.165, 1.54) is 18.7 Å². The van der Waals surface area contributed by atoms with Gasteiger partial charge >= 0.3 is 6.03 Å². The van der Waals surface area contributed by atoms with Crippen molar-refractivity contribution in [3.63, 3.8) is 0 Å². The Labute approximate surface area is 155 Å². The van der Waals surface area contributed by atoms with E-state index in [1.54, 1.807) is 24.3 Å². The number of carbonyl (C=O) groups excluding carboxylic acids is 3. The number of carbonyl (C=O) groups is 3. The van der Waals surface area contributed by atoms with E-state index in [4.69, 9.17) is 0 Å². The second kappa shape index (κ2) is 8.27. The normalized spacial score (nSPS) is 19.1. The van der Waals surface area contributed by atoms with Crippen LogP contribution in [0.2, 0.25) is 0 Å². The zero-order valence-corrected chi connectivity index (χ0v) is 15.3. The lowest BCUT2D eigenvalue weighted by atomic mass is 9.87. The fourth-order valence-corrected chi connectivity index (χ4v) is 4.01. The summed E-state index contributed by atoms with van der Waals surface area (Å²) in [5.74, 6) is -0.110. The van der Waals surface area contributed by atoms with Gasteiger partial charge < -0.3 is 10.6 Å². The predicted molar refractivity (Wildman–Crippen MR) is 104 cm³/mol. The Bertz CT molecular complexity index is 803. The van der Waals surface area contributed by atoms with Gasteiger partial charge in [0.05, 0.1) is 10.8 Å². The molecule has 136 valence electrons. The monoisotopic (exact) mass is 372 g/mol. The number of urea groups is 1. The molecule has 2 N–H and O–H groups in total. The second-order valence-electron chi connectivity index (χ2n) is 6.23. The number of nitrogens with zero attached hydrogens (tertiary/aromatic N) is 2. The molecule has 7 nitrogen and oxygen atoms in total. The standard InChI is InChI=1S/C18H20N4O3S/c1-11(23)19-12-5-4-6-13(9-12)20-16(24)10-26-17-14-7-2-3-8-15(14)21-18(25)22-17/h4-6,9,14H,2-3,7-8,10H2,1H3,(H,19,23)(H,20,24). The van der Waals surface area contributed by atoms with Crippen LogP contribution in [-0.2, 0) is 9.59 Å². The summed E-state index contributed by atoms with van der Waals surface area (Å²) in [4.78, 5) is 43.1. The fourth-order valence-electron chi connectivity index (χ4n) is 3.06. The van der Waals surface area contributed by atoms with Gasteiger partial charge in [0.1, 0.15) is 0 Å². The van der Waals surface area contributed by atoms with Crippen molar-refractivity contribution in [2.45, 2.75) is 32.6 Å². The molecule has 0 radical (unpaired) electrons. The van der Waals surface area contributed by atoms with Gasteiger partial charge in [-0.1, -0.05) is 24.2 Å². The van der Waals surface area contributed by atoms with Crippen molar-refractivity contribution >= 4 is 51.7 Å². The largest absolute Gasteiger partial charge is 0.367 e. The highest BCUT2D eigenvalue weighted by Gasteiger charge is 2.30. The first-order valence-corrected chi connectivity index (χ1v) is 9.50. The van der Waals surface area contributed by atoms with Crippen LogP contribution < -0.4 is 10.6 Å². The van der Waals surface area contributed by atoms with Crippen LogP contribution in [0.3, 0.4) is 0 Å². The van der Waals surface area contributed by atoms with E-state index in [9.17, 15) is 14.4 Å². The Kier molecular flexibility index (Phi) is 5.82. The lowest BCUT2D eigenvalue weighted by molar-refractivity contribution is -0.114. The van der Waals surface area contributed by atoms with Crippen molar-refractivity contribution < 1.29 is 14.4 Å². The van der Waals surface area contributed by atoms with Crippen LogP contribution in [0.15, 0.2) is 34.3 Å². The summed E-state index contributed by atoms with van der Waals surface area (Å²) >= 11 is 1.30. The molecule has 26 heavy (non-hydrogen) atoms. The minimum absolute atomic E-state index is 0.0855. The minimum atomic E-state index is -0.468. The lowest BCUT2D eigenvalue weighted by Crippen LogP contribution is -2.31. The van der Waals surface area contributed by atoms with Gasteiger partial charge in [0.2, 0.25) is 11.8 Å². The molecule has 1 unspecified atom stereocenters. The average molecular weight is 372 g/mol. The number of nitrogens with one attached hydrogen (secondary N) is 2. The van der Waals surface area contributed by atoms with E-state index in [-0.39, 0.29) is 23.5 Å². The van der Waals surface area contributed by atoms with Crippen molar-refractivity contribution in [2.75, 3.05) is 16.4 Å². The third-order valence-electron chi connectivity index (χ3n) is 4.14. The molecular formula is C18H20N4O3S. The molecule has 1 atom stereocenters. The summed E-state index contributed by atoms with van der Waals surface area (Å²) in [6.07, 6.45) is 3.89. The SMILES string of the molecule is CC(=O)Nc1cccc(NC(=O)CSC2=NC(=O)N=C3CCCCC32)c1. The molecule has 1 fully saturated rings. The zero-order chi connectivity index (χ0) is 18.5. The van der Waals surface area contributed by atoms with Gasteiger partial charge in [-0.05, 0) is 37.5 Å². The van der Waals surface area contributed by atoms with E-state index in [0.717, 1.165) is 31.4 Å². The number of benzene rings is 1. The summed E-state index contributed by atoms with van der Waals surface area (Å²) in [5.41, 5.74) is 2.12. The van der Waals surface area contributed by atoms with Crippen LogP contribution >= 0.6 is 11.8 Å². The molecule has 1 aliphatic carbocycles. The summed E-state index contributed by atoms with van der Waals surface area (Å²) < 4.78 is 0. The van der Waals surface area contributed by atoms with Gasteiger partial charge in [-0.25, -0.2) is 9.79 Å². The third kappa shape index (κ3) is 4.78. The highest BCUT2D eigenvalue weighted by Crippen LogP contribution is 2.30. The number of anilines is 2. The van der Waals surface area contributed by atoms with Gasteiger partial charge in [0.15, 0.2) is 0 Å². The van der Waals surface area contributed by atoms with Crippen molar-refractivity contribution in [1.29, 1.82) is 0 Å². The van der Waals surface area contributed by atoms with Crippen LogP contribution in [0.25, 0.3) is 0 Å². The molecule has 3 rings (SSSR count). The molecule has 0 spiro atoms. The molecule has 0 saturated heterocycles. The quantitative estimate of drug-likeness (QED) is 0.845. The van der Waals surface area contributed by atoms with Gasteiger partial charge in [0, 0.05) is 29.9 Å². The molecule has 8 heteroatoms. The Morgan fingerprint density at radius 2 is 1.96 bits per heavy atom. The molecule has 1 heterocycles. The smallest absolute Gasteiger partial charge is 0.326 e. The Balaban J connectivity index is 1.57. The van der Waals surface area contributed by atoms with Crippen molar-refractivity contribution in [2.24, 2.45) is 15.9 Å². The average Bonchev–Trinajstić information content (AvgIpc) is 2.59. The summed E-state index contributed by atoms with van der Waals surface area (Å²) in [6, 6.07) is 6.48. The maximum absolute atomic E-state index is 12.2. The number of aliphatic imine (C=N–C) groups is 2. The van der Waals surface area contributed by atoms with E-state index in [0.29, 0.717) is 16.4 Å². The highest BCUT2D eigenvalue weighted by atomic mass is 32.2. The third-order valence-corrected chi connectivity index (χ3v) is 5.22. The van der Waals surface area contributed by atoms with E-state index < -0.39 is 6.03 Å². The van der Waals surface area contributed by atoms with Gasteiger partial charge in [-0.15, -0.1) is 0 Å². The summed E-state index contributed by atoms with van der Waals surface area (Å²) in [5, 5.41) is 6.17. The number of fused-ring (bicyclic) bond motifs is 1. The van der Waals surface area contributed by atoms with Gasteiger partial charge in [0.25, 0.3) is 0 Å². The molecule has 2 aliphatic rings. The molecule has 1 aliphatic heterocycles. The Morgan fingerprint density at radius 1 is 1.19 bits per heavy atom. The van der Waals surface area contributed by atoms with Crippen LogP contribution in [0.4, 0.5) is 16.2 Å². The van der Waals surface area contributed by atoms with Crippen molar-refractivity contribution in [1.82, 2.24) is 0 Å². The number of hydrogen-bond donors (Lipinski definition) is 2. The van der Waals surface area contributed by atoms with E-state index in [2.05, 4.69) is 20.6 Å². The number of thioether (sulfide) groups is 1. The van der Waals surface area contributed by atoms with Crippen LogP contribution in [0, 0.1) is 5.92 Å². The number of amides is 4. The minimum Gasteiger partial charge on any atom is -0.326 e. The first-order chi connectivity index (χ1) is 12.5. The first kappa shape index (κ1) is 18.3. The summed E-state index contributed by atoms with van der Waals surface area (Å²) in [7, 11) is 0. The molecule has 1 aromatic carbocycles. The van der Waals surface area contributed by atoms with Crippen LogP contribution in [0.5, 0.6) is 0 Å². The topological polar surface area (TPSA) is 100.0 Å².